The van der Waals surface area contributed by atoms with E-state index in [2.05, 4.69) is 10.6 Å². The van der Waals surface area contributed by atoms with Crippen molar-refractivity contribution in [3.8, 4) is 0 Å². The topological polar surface area (TPSA) is 93.7 Å². The van der Waals surface area contributed by atoms with Crippen LogP contribution in [-0.2, 0) is 23.9 Å². The molecule has 0 radical (unpaired) electrons. The number of nitrogens with one attached hydrogen (secondary N) is 2. The smallest absolute Gasteiger partial charge is 0.347 e. The van der Waals surface area contributed by atoms with Gasteiger partial charge in [0.15, 0.2) is 18.8 Å². The summed E-state index contributed by atoms with van der Waals surface area (Å²) in [6, 6.07) is 15.7. The van der Waals surface area contributed by atoms with E-state index in [1.807, 2.05) is 12.1 Å². The van der Waals surface area contributed by atoms with Gasteiger partial charge in [-0.1, -0.05) is 48.0 Å². The number of halogens is 1. The lowest BCUT2D eigenvalue weighted by atomic mass is 10.1. The summed E-state index contributed by atoms with van der Waals surface area (Å²) < 4.78 is 10.3. The second-order valence-electron chi connectivity index (χ2n) is 6.29. The van der Waals surface area contributed by atoms with Crippen molar-refractivity contribution in [3.63, 3.8) is 0 Å². The number of ether oxygens (including phenoxy) is 2. The Hall–Kier alpha value is -3.32. The number of carbonyl (C=O) groups is 3. The van der Waals surface area contributed by atoms with Crippen molar-refractivity contribution in [2.75, 3.05) is 18.5 Å². The van der Waals surface area contributed by atoms with E-state index in [0.717, 1.165) is 5.56 Å². The van der Waals surface area contributed by atoms with Crippen molar-refractivity contribution in [2.24, 2.45) is 0 Å². The number of hydrogen-bond donors (Lipinski definition) is 2. The van der Waals surface area contributed by atoms with Crippen LogP contribution in [0.3, 0.4) is 0 Å². The van der Waals surface area contributed by atoms with Crippen LogP contribution in [0.25, 0.3) is 0 Å². The molecule has 8 heteroatoms. The van der Waals surface area contributed by atoms with E-state index in [1.54, 1.807) is 49.4 Å². The number of benzene rings is 2. The van der Waals surface area contributed by atoms with Crippen LogP contribution in [0.1, 0.15) is 18.5 Å². The van der Waals surface area contributed by atoms with Crippen LogP contribution >= 0.6 is 11.6 Å². The normalized spacial score (nSPS) is 14.2. The highest BCUT2D eigenvalue weighted by Gasteiger charge is 2.33. The molecular formula is C21H19ClN2O5. The summed E-state index contributed by atoms with van der Waals surface area (Å²) in [5.74, 6) is -1.95. The second-order valence-corrected chi connectivity index (χ2v) is 6.70. The van der Waals surface area contributed by atoms with Gasteiger partial charge in [0.2, 0.25) is 11.7 Å². The SMILES string of the molecule is C[C@H](NC(=O)COC(=O)C1=C(Nc2ccccc2)OCC1=O)c1ccccc1Cl. The first-order valence-corrected chi connectivity index (χ1v) is 9.26. The number of hydrogen-bond acceptors (Lipinski definition) is 6. The molecule has 150 valence electrons. The zero-order valence-corrected chi connectivity index (χ0v) is 16.4. The molecule has 1 aliphatic rings. The number of carbonyl (C=O) groups excluding carboxylic acids is 3. The van der Waals surface area contributed by atoms with E-state index in [-0.39, 0.29) is 24.1 Å². The first kappa shape index (κ1) is 20.4. The molecule has 3 rings (SSSR count). The third kappa shape index (κ3) is 5.14. The number of ketones is 1. The molecule has 2 aromatic rings. The van der Waals surface area contributed by atoms with Gasteiger partial charge in [0, 0.05) is 10.7 Å². The number of anilines is 1. The van der Waals surface area contributed by atoms with Gasteiger partial charge in [-0.25, -0.2) is 4.79 Å². The average molecular weight is 415 g/mol. The molecule has 0 bridgehead atoms. The molecule has 2 aromatic carbocycles. The van der Waals surface area contributed by atoms with Crippen LogP contribution in [0.5, 0.6) is 0 Å². The fourth-order valence-corrected chi connectivity index (χ4v) is 3.06. The van der Waals surface area contributed by atoms with Gasteiger partial charge in [-0.3, -0.25) is 9.59 Å². The van der Waals surface area contributed by atoms with E-state index < -0.39 is 24.3 Å². The Morgan fingerprint density at radius 3 is 2.55 bits per heavy atom. The molecule has 7 nitrogen and oxygen atoms in total. The molecule has 1 amide bonds. The minimum Gasteiger partial charge on any atom is -0.470 e. The number of amides is 1. The lowest BCUT2D eigenvalue weighted by Crippen LogP contribution is -2.32. The van der Waals surface area contributed by atoms with Crippen LogP contribution in [0, 0.1) is 0 Å². The highest BCUT2D eigenvalue weighted by molar-refractivity contribution is 6.31. The Bertz CT molecular complexity index is 959. The highest BCUT2D eigenvalue weighted by atomic mass is 35.5. The summed E-state index contributed by atoms with van der Waals surface area (Å²) in [5.41, 5.74) is 1.14. The maximum Gasteiger partial charge on any atom is 0.347 e. The van der Waals surface area contributed by atoms with Gasteiger partial charge in [-0.05, 0) is 30.7 Å². The second kappa shape index (κ2) is 9.25. The molecule has 29 heavy (non-hydrogen) atoms. The van der Waals surface area contributed by atoms with Gasteiger partial charge in [-0.15, -0.1) is 0 Å². The zero-order chi connectivity index (χ0) is 20.8. The van der Waals surface area contributed by atoms with Crippen LogP contribution in [0.2, 0.25) is 5.02 Å². The van der Waals surface area contributed by atoms with Crippen LogP contribution < -0.4 is 10.6 Å². The monoisotopic (exact) mass is 414 g/mol. The lowest BCUT2D eigenvalue weighted by Gasteiger charge is -2.15. The lowest BCUT2D eigenvalue weighted by molar-refractivity contribution is -0.145. The van der Waals surface area contributed by atoms with Crippen molar-refractivity contribution in [1.82, 2.24) is 5.32 Å². The Labute approximate surface area is 172 Å². The van der Waals surface area contributed by atoms with Crippen molar-refractivity contribution in [3.05, 3.63) is 76.6 Å². The molecule has 1 aliphatic heterocycles. The molecule has 0 aliphatic carbocycles. The minimum atomic E-state index is -0.925. The molecule has 1 heterocycles. The third-order valence-electron chi connectivity index (χ3n) is 4.17. The van der Waals surface area contributed by atoms with Gasteiger partial charge < -0.3 is 20.1 Å². The van der Waals surface area contributed by atoms with E-state index in [0.29, 0.717) is 10.7 Å². The van der Waals surface area contributed by atoms with Crippen LogP contribution in [-0.4, -0.2) is 30.9 Å². The predicted octanol–water partition coefficient (Wildman–Crippen LogP) is 2.98. The van der Waals surface area contributed by atoms with Gasteiger partial charge in [-0.2, -0.15) is 0 Å². The largest absolute Gasteiger partial charge is 0.470 e. The first-order chi connectivity index (χ1) is 14.0. The summed E-state index contributed by atoms with van der Waals surface area (Å²) in [4.78, 5) is 36.5. The van der Waals surface area contributed by atoms with Crippen molar-refractivity contribution >= 4 is 34.9 Å². The summed E-state index contributed by atoms with van der Waals surface area (Å²) in [5, 5.41) is 6.09. The molecule has 0 saturated carbocycles. The van der Waals surface area contributed by atoms with Gasteiger partial charge in [0.1, 0.15) is 0 Å². The summed E-state index contributed by atoms with van der Waals surface area (Å²) in [6.45, 7) is 0.956. The number of Topliss-reactive ketones (excluding diaryl/α,β-unsaturated/α-hetero) is 1. The Kier molecular flexibility index (Phi) is 6.51. The standard InChI is InChI=1S/C21H19ClN2O5/c1-13(15-9-5-6-10-16(15)22)23-18(26)12-29-21(27)19-17(25)11-28-20(19)24-14-7-3-2-4-8-14/h2-10,13,24H,11-12H2,1H3,(H,23,26)/t13-/m0/s1. The molecule has 0 fully saturated rings. The fraction of sp³-hybridized carbons (Fsp3) is 0.190. The zero-order valence-electron chi connectivity index (χ0n) is 15.6. The Morgan fingerprint density at radius 2 is 1.83 bits per heavy atom. The van der Waals surface area contributed by atoms with Crippen molar-refractivity contribution in [1.29, 1.82) is 0 Å². The third-order valence-corrected chi connectivity index (χ3v) is 4.52. The molecule has 0 saturated heterocycles. The first-order valence-electron chi connectivity index (χ1n) is 8.89. The number of rotatable bonds is 7. The van der Waals surface area contributed by atoms with E-state index in [9.17, 15) is 14.4 Å². The fourth-order valence-electron chi connectivity index (χ4n) is 2.76. The summed E-state index contributed by atoms with van der Waals surface area (Å²) >= 11 is 6.11. The van der Waals surface area contributed by atoms with Crippen LogP contribution in [0.4, 0.5) is 5.69 Å². The maximum absolute atomic E-state index is 12.3. The van der Waals surface area contributed by atoms with Gasteiger partial charge in [0.25, 0.3) is 5.91 Å². The molecule has 0 spiro atoms. The number of esters is 1. The van der Waals surface area contributed by atoms with Gasteiger partial charge in [0.05, 0.1) is 6.04 Å². The summed E-state index contributed by atoms with van der Waals surface area (Å²) in [7, 11) is 0. The number of para-hydroxylation sites is 1. The van der Waals surface area contributed by atoms with Gasteiger partial charge >= 0.3 is 5.97 Å². The van der Waals surface area contributed by atoms with E-state index in [1.165, 1.54) is 0 Å². The molecule has 1 atom stereocenters. The maximum atomic E-state index is 12.3. The average Bonchev–Trinajstić information content (AvgIpc) is 3.07. The Morgan fingerprint density at radius 1 is 1.14 bits per heavy atom. The predicted molar refractivity (Wildman–Crippen MR) is 107 cm³/mol. The quantitative estimate of drug-likeness (QED) is 0.534. The molecule has 0 aromatic heterocycles. The van der Waals surface area contributed by atoms with E-state index >= 15 is 0 Å². The molecule has 2 N–H and O–H groups in total. The summed E-state index contributed by atoms with van der Waals surface area (Å²) in [6.07, 6.45) is 0. The van der Waals surface area contributed by atoms with Crippen molar-refractivity contribution < 1.29 is 23.9 Å². The molecule has 0 unspecified atom stereocenters. The minimum absolute atomic E-state index is 0.0102. The molecular weight excluding hydrogens is 396 g/mol. The van der Waals surface area contributed by atoms with E-state index in [4.69, 9.17) is 21.1 Å². The highest BCUT2D eigenvalue weighted by Crippen LogP contribution is 2.22. The Balaban J connectivity index is 1.60. The van der Waals surface area contributed by atoms with Crippen molar-refractivity contribution in [2.45, 2.75) is 13.0 Å². The van der Waals surface area contributed by atoms with Crippen LogP contribution in [0.15, 0.2) is 66.1 Å².